The molecule has 96 valence electrons. The number of hydrogen-bond acceptors (Lipinski definition) is 2. The molecule has 3 heteroatoms. The van der Waals surface area contributed by atoms with Crippen LogP contribution in [0.25, 0.3) is 0 Å². The molecule has 0 radical (unpaired) electrons. The highest BCUT2D eigenvalue weighted by atomic mass is 79.9. The molecule has 16 heavy (non-hydrogen) atoms. The van der Waals surface area contributed by atoms with Crippen LogP contribution in [0, 0.1) is 11.3 Å². The van der Waals surface area contributed by atoms with Gasteiger partial charge >= 0.3 is 0 Å². The fourth-order valence-corrected chi connectivity index (χ4v) is 4.43. The van der Waals surface area contributed by atoms with Gasteiger partial charge in [0.05, 0.1) is 0 Å². The molecule has 0 N–H and O–H groups in total. The molecule has 0 aromatic heterocycles. The first-order chi connectivity index (χ1) is 7.36. The highest BCUT2D eigenvalue weighted by Crippen LogP contribution is 2.31. The molecule has 1 saturated heterocycles. The largest absolute Gasteiger partial charge is 0.298 e. The second-order valence-corrected chi connectivity index (χ2v) is 8.16. The van der Waals surface area contributed by atoms with Gasteiger partial charge < -0.3 is 0 Å². The first-order valence-corrected chi connectivity index (χ1v) is 8.45. The molecular weight excluding hydrogens is 282 g/mol. The van der Waals surface area contributed by atoms with E-state index in [2.05, 4.69) is 67.2 Å². The van der Waals surface area contributed by atoms with Gasteiger partial charge in [0, 0.05) is 35.5 Å². The van der Waals surface area contributed by atoms with Crippen LogP contribution in [0.2, 0.25) is 0 Å². The van der Waals surface area contributed by atoms with E-state index >= 15 is 0 Å². The Morgan fingerprint density at radius 2 is 2.00 bits per heavy atom. The molecule has 1 aliphatic heterocycles. The Labute approximate surface area is 114 Å². The van der Waals surface area contributed by atoms with Crippen LogP contribution >= 0.6 is 27.7 Å². The molecule has 0 aromatic rings. The minimum atomic E-state index is 0.400. The van der Waals surface area contributed by atoms with E-state index in [1.807, 2.05) is 0 Å². The first kappa shape index (κ1) is 14.8. The van der Waals surface area contributed by atoms with Gasteiger partial charge in [0.1, 0.15) is 0 Å². The van der Waals surface area contributed by atoms with Crippen LogP contribution < -0.4 is 0 Å². The molecule has 0 aliphatic carbocycles. The predicted octanol–water partition coefficient (Wildman–Crippen LogP) is 3.87. The lowest BCUT2D eigenvalue weighted by Gasteiger charge is -2.42. The van der Waals surface area contributed by atoms with Gasteiger partial charge in [0.15, 0.2) is 0 Å². The number of nitrogens with zero attached hydrogens (tertiary/aromatic N) is 1. The monoisotopic (exact) mass is 307 g/mol. The molecule has 0 amide bonds. The van der Waals surface area contributed by atoms with Gasteiger partial charge in [-0.05, 0) is 18.3 Å². The number of alkyl halides is 1. The van der Waals surface area contributed by atoms with Gasteiger partial charge in [-0.25, -0.2) is 0 Å². The van der Waals surface area contributed by atoms with Crippen LogP contribution in [-0.2, 0) is 0 Å². The van der Waals surface area contributed by atoms with E-state index in [9.17, 15) is 0 Å². The highest BCUT2D eigenvalue weighted by molar-refractivity contribution is 9.09. The van der Waals surface area contributed by atoms with Gasteiger partial charge in [-0.3, -0.25) is 4.90 Å². The molecule has 1 fully saturated rings. The number of halogens is 1. The summed E-state index contributed by atoms with van der Waals surface area (Å²) < 4.78 is 0. The summed E-state index contributed by atoms with van der Waals surface area (Å²) in [6, 6.07) is 0.725. The van der Waals surface area contributed by atoms with Crippen molar-refractivity contribution in [2.75, 3.05) is 24.2 Å². The molecule has 1 aliphatic rings. The molecule has 3 unspecified atom stereocenters. The topological polar surface area (TPSA) is 3.24 Å². The smallest absolute Gasteiger partial charge is 0.0184 e. The van der Waals surface area contributed by atoms with Crippen molar-refractivity contribution < 1.29 is 0 Å². The Kier molecular flexibility index (Phi) is 5.66. The summed E-state index contributed by atoms with van der Waals surface area (Å²) in [5, 5.41) is 1.89. The van der Waals surface area contributed by atoms with E-state index in [0.29, 0.717) is 5.41 Å². The van der Waals surface area contributed by atoms with E-state index in [-0.39, 0.29) is 0 Å². The predicted molar refractivity (Wildman–Crippen MR) is 79.7 cm³/mol. The summed E-state index contributed by atoms with van der Waals surface area (Å²) in [7, 11) is 0. The van der Waals surface area contributed by atoms with Crippen molar-refractivity contribution in [2.24, 2.45) is 11.3 Å². The van der Waals surface area contributed by atoms with Crippen LogP contribution in [-0.4, -0.2) is 40.4 Å². The molecule has 3 atom stereocenters. The Bertz CT molecular complexity index is 214. The third-order valence-corrected chi connectivity index (χ3v) is 6.00. The van der Waals surface area contributed by atoms with E-state index in [1.54, 1.807) is 0 Å². The van der Waals surface area contributed by atoms with Crippen molar-refractivity contribution in [3.05, 3.63) is 0 Å². The van der Waals surface area contributed by atoms with Gasteiger partial charge in [0.25, 0.3) is 0 Å². The summed E-state index contributed by atoms with van der Waals surface area (Å²) in [6.45, 7) is 14.3. The normalized spacial score (nSPS) is 30.4. The second kappa shape index (κ2) is 6.10. The Morgan fingerprint density at radius 1 is 1.38 bits per heavy atom. The lowest BCUT2D eigenvalue weighted by atomic mass is 9.81. The van der Waals surface area contributed by atoms with Crippen LogP contribution in [0.4, 0.5) is 0 Å². The lowest BCUT2D eigenvalue weighted by molar-refractivity contribution is 0.135. The Balaban J connectivity index is 2.57. The highest BCUT2D eigenvalue weighted by Gasteiger charge is 2.31. The third kappa shape index (κ3) is 3.92. The van der Waals surface area contributed by atoms with Crippen molar-refractivity contribution in [3.63, 3.8) is 0 Å². The number of hydrogen-bond donors (Lipinski definition) is 0. The van der Waals surface area contributed by atoms with Crippen LogP contribution in [0.3, 0.4) is 0 Å². The molecule has 0 spiro atoms. The Morgan fingerprint density at radius 3 is 2.50 bits per heavy atom. The zero-order chi connectivity index (χ0) is 12.3. The maximum absolute atomic E-state index is 3.68. The van der Waals surface area contributed by atoms with Crippen LogP contribution in [0.5, 0.6) is 0 Å². The van der Waals surface area contributed by atoms with Crippen LogP contribution in [0.15, 0.2) is 0 Å². The van der Waals surface area contributed by atoms with E-state index < -0.39 is 0 Å². The van der Waals surface area contributed by atoms with Crippen LogP contribution in [0.1, 0.15) is 34.6 Å². The van der Waals surface area contributed by atoms with E-state index in [1.165, 1.54) is 18.8 Å². The lowest BCUT2D eigenvalue weighted by Crippen LogP contribution is -2.48. The summed E-state index contributed by atoms with van der Waals surface area (Å²) in [5.74, 6) is 2.04. The van der Waals surface area contributed by atoms with Crippen molar-refractivity contribution >= 4 is 27.7 Å². The fraction of sp³-hybridized carbons (Fsp3) is 1.00. The van der Waals surface area contributed by atoms with E-state index in [0.717, 1.165) is 22.5 Å². The van der Waals surface area contributed by atoms with Gasteiger partial charge in [-0.15, -0.1) is 0 Å². The zero-order valence-corrected chi connectivity index (χ0v) is 13.7. The fourth-order valence-electron chi connectivity index (χ4n) is 2.09. The maximum Gasteiger partial charge on any atom is 0.0184 e. The van der Waals surface area contributed by atoms with Gasteiger partial charge in [0.2, 0.25) is 0 Å². The number of rotatable bonds is 3. The second-order valence-electron chi connectivity index (χ2n) is 6.03. The summed E-state index contributed by atoms with van der Waals surface area (Å²) in [6.07, 6.45) is 0. The minimum absolute atomic E-state index is 0.400. The Hall–Kier alpha value is 0.790. The zero-order valence-electron chi connectivity index (χ0n) is 11.3. The van der Waals surface area contributed by atoms with Crippen molar-refractivity contribution in [1.82, 2.24) is 4.90 Å². The molecule has 1 heterocycles. The summed E-state index contributed by atoms with van der Waals surface area (Å²) in [5.41, 5.74) is 0.400. The van der Waals surface area contributed by atoms with Crippen molar-refractivity contribution in [2.45, 2.75) is 45.9 Å². The summed E-state index contributed by atoms with van der Waals surface area (Å²) >= 11 is 5.80. The molecule has 0 aromatic carbocycles. The molecular formula is C13H26BrNS. The summed E-state index contributed by atoms with van der Waals surface area (Å²) in [4.78, 5) is 2.68. The maximum atomic E-state index is 3.68. The molecule has 0 bridgehead atoms. The van der Waals surface area contributed by atoms with Crippen molar-refractivity contribution in [1.29, 1.82) is 0 Å². The third-order valence-electron chi connectivity index (χ3n) is 3.88. The van der Waals surface area contributed by atoms with E-state index in [4.69, 9.17) is 0 Å². The van der Waals surface area contributed by atoms with Crippen molar-refractivity contribution in [3.8, 4) is 0 Å². The molecule has 0 saturated carbocycles. The minimum Gasteiger partial charge on any atom is -0.298 e. The molecule has 1 nitrogen and oxygen atoms in total. The average Bonchev–Trinajstić information content (AvgIpc) is 2.18. The SMILES string of the molecule is CC1SCCN(CC(CBr)C(C)(C)C)C1C. The number of thioether (sulfide) groups is 1. The standard InChI is InChI=1S/C13H26BrNS/c1-10-11(2)16-7-6-15(10)9-12(8-14)13(3,4)5/h10-12H,6-9H2,1-5H3. The quantitative estimate of drug-likeness (QED) is 0.728. The first-order valence-electron chi connectivity index (χ1n) is 6.28. The van der Waals surface area contributed by atoms with Gasteiger partial charge in [-0.2, -0.15) is 11.8 Å². The van der Waals surface area contributed by atoms with Gasteiger partial charge in [-0.1, -0.05) is 43.6 Å². The average molecular weight is 308 g/mol. The molecule has 1 rings (SSSR count).